The van der Waals surface area contributed by atoms with E-state index in [1.165, 1.54) is 0 Å². The van der Waals surface area contributed by atoms with Gasteiger partial charge in [-0.3, -0.25) is 0 Å². The van der Waals surface area contributed by atoms with Crippen molar-refractivity contribution >= 4 is 5.71 Å². The van der Waals surface area contributed by atoms with E-state index in [0.717, 1.165) is 0 Å². The highest BCUT2D eigenvalue weighted by Crippen LogP contribution is 2.33. The number of hydrogen-bond acceptors (Lipinski definition) is 4. The number of nitrogens with zero attached hydrogens (tertiary/aromatic N) is 3. The van der Waals surface area contributed by atoms with E-state index >= 15 is 0 Å². The van der Waals surface area contributed by atoms with Crippen LogP contribution < -0.4 is 0 Å². The van der Waals surface area contributed by atoms with Gasteiger partial charge >= 0.3 is 6.18 Å². The van der Waals surface area contributed by atoms with Crippen LogP contribution in [-0.4, -0.2) is 18.0 Å². The van der Waals surface area contributed by atoms with Gasteiger partial charge in [-0.25, -0.2) is 0 Å². The maximum Gasteiger partial charge on any atom is 0.389 e. The summed E-state index contributed by atoms with van der Waals surface area (Å²) in [5, 5.41) is 22.2. The van der Waals surface area contributed by atoms with Crippen LogP contribution in [-0.2, 0) is 4.84 Å². The Hall–Kier alpha value is -1.76. The highest BCUT2D eigenvalue weighted by Gasteiger charge is 2.37. The van der Waals surface area contributed by atoms with Crippen molar-refractivity contribution in [3.8, 4) is 12.1 Å². The van der Waals surface area contributed by atoms with Gasteiger partial charge in [-0.15, -0.1) is 0 Å². The van der Waals surface area contributed by atoms with Gasteiger partial charge in [-0.1, -0.05) is 25.9 Å². The number of alkyl halides is 3. The van der Waals surface area contributed by atoms with Crippen molar-refractivity contribution < 1.29 is 18.0 Å². The molecule has 0 aliphatic rings. The average Bonchev–Trinajstić information content (AvgIpc) is 2.45. The Labute approximate surface area is 129 Å². The van der Waals surface area contributed by atoms with Gasteiger partial charge in [-0.05, 0) is 25.7 Å². The predicted molar refractivity (Wildman–Crippen MR) is 76.7 cm³/mol. The fourth-order valence-corrected chi connectivity index (χ4v) is 1.51. The Bertz CT molecular complexity index is 444. The van der Waals surface area contributed by atoms with Crippen LogP contribution in [0.5, 0.6) is 0 Å². The summed E-state index contributed by atoms with van der Waals surface area (Å²) in [5.41, 5.74) is -1.31. The first kappa shape index (κ1) is 20.2. The summed E-state index contributed by atoms with van der Waals surface area (Å²) in [7, 11) is 0. The molecule has 7 heteroatoms. The van der Waals surface area contributed by atoms with E-state index in [-0.39, 0.29) is 18.4 Å². The lowest BCUT2D eigenvalue weighted by atomic mass is 9.81. The Morgan fingerprint density at radius 3 is 2.05 bits per heavy atom. The lowest BCUT2D eigenvalue weighted by molar-refractivity contribution is -0.138. The number of oxime groups is 1. The Balaban J connectivity index is 5.01. The van der Waals surface area contributed by atoms with Crippen LogP contribution in [0.3, 0.4) is 0 Å². The molecule has 0 fully saturated rings. The zero-order chi connectivity index (χ0) is 17.4. The zero-order valence-corrected chi connectivity index (χ0v) is 13.4. The van der Waals surface area contributed by atoms with Crippen LogP contribution in [0.15, 0.2) is 5.16 Å². The number of rotatable bonds is 8. The highest BCUT2D eigenvalue weighted by molar-refractivity contribution is 5.85. The molecule has 4 nitrogen and oxygen atoms in total. The van der Waals surface area contributed by atoms with Gasteiger partial charge in [0.2, 0.25) is 0 Å². The summed E-state index contributed by atoms with van der Waals surface area (Å²) in [6.07, 6.45) is -6.03. The fourth-order valence-electron chi connectivity index (χ4n) is 1.51. The lowest BCUT2D eigenvalue weighted by Gasteiger charge is -2.20. The minimum absolute atomic E-state index is 0.141. The molecule has 124 valence electrons. The first-order valence-corrected chi connectivity index (χ1v) is 7.20. The molecule has 0 aromatic rings. The Morgan fingerprint density at radius 1 is 1.14 bits per heavy atom. The third kappa shape index (κ3) is 7.31. The Morgan fingerprint density at radius 2 is 1.68 bits per heavy atom. The van der Waals surface area contributed by atoms with Gasteiger partial charge in [0.15, 0.2) is 0 Å². The number of nitriles is 2. The summed E-state index contributed by atoms with van der Waals surface area (Å²) in [6.45, 7) is 7.48. The zero-order valence-electron chi connectivity index (χ0n) is 13.4. The molecule has 0 aliphatic heterocycles. The van der Waals surface area contributed by atoms with Crippen molar-refractivity contribution in [2.24, 2.45) is 16.5 Å². The van der Waals surface area contributed by atoms with Crippen molar-refractivity contribution in [2.75, 3.05) is 0 Å². The minimum atomic E-state index is -4.40. The average molecular weight is 317 g/mol. The topological polar surface area (TPSA) is 69.2 Å². The molecule has 0 rings (SSSR count). The van der Waals surface area contributed by atoms with Gasteiger partial charge in [0.05, 0.1) is 17.9 Å². The van der Waals surface area contributed by atoms with Gasteiger partial charge < -0.3 is 4.84 Å². The fraction of sp³-hybridized carbons (Fsp3) is 0.800. The third-order valence-corrected chi connectivity index (χ3v) is 3.46. The van der Waals surface area contributed by atoms with Crippen molar-refractivity contribution in [3.63, 3.8) is 0 Å². The summed E-state index contributed by atoms with van der Waals surface area (Å²) < 4.78 is 37.0. The summed E-state index contributed by atoms with van der Waals surface area (Å²) in [5.74, 6) is 0.226. The molecule has 1 atom stereocenters. The molecule has 0 saturated carbocycles. The second-order valence-electron chi connectivity index (χ2n) is 5.66. The molecule has 22 heavy (non-hydrogen) atoms. The second kappa shape index (κ2) is 8.63. The SMILES string of the molecule is CCC(CC(C#N)(C#N)CCC(F)(F)F)=NOC(C)C(C)C. The van der Waals surface area contributed by atoms with Crippen LogP contribution in [0.4, 0.5) is 13.2 Å². The van der Waals surface area contributed by atoms with Gasteiger partial charge in [0.25, 0.3) is 0 Å². The number of hydrogen-bond donors (Lipinski definition) is 0. The maximum absolute atomic E-state index is 12.3. The standard InChI is InChI=1S/C15H22F3N3O/c1-5-13(21-22-12(4)11(2)3)8-14(9-19,10-20)6-7-15(16,17)18/h11-12H,5-8H2,1-4H3. The van der Waals surface area contributed by atoms with Gasteiger partial charge in [-0.2, -0.15) is 23.7 Å². The van der Waals surface area contributed by atoms with Crippen LogP contribution >= 0.6 is 0 Å². The molecule has 0 spiro atoms. The summed E-state index contributed by atoms with van der Waals surface area (Å²) >= 11 is 0. The molecule has 0 N–H and O–H groups in total. The normalized spacial score (nSPS) is 14.4. The first-order chi connectivity index (χ1) is 10.1. The minimum Gasteiger partial charge on any atom is -0.393 e. The van der Waals surface area contributed by atoms with Crippen LogP contribution in [0, 0.1) is 34.0 Å². The lowest BCUT2D eigenvalue weighted by Crippen LogP contribution is -2.24. The third-order valence-electron chi connectivity index (χ3n) is 3.46. The summed E-state index contributed by atoms with van der Waals surface area (Å²) in [4.78, 5) is 5.28. The molecule has 0 aromatic heterocycles. The largest absolute Gasteiger partial charge is 0.393 e. The molecule has 0 heterocycles. The first-order valence-electron chi connectivity index (χ1n) is 7.20. The van der Waals surface area contributed by atoms with E-state index in [1.807, 2.05) is 20.8 Å². The van der Waals surface area contributed by atoms with Crippen LogP contribution in [0.1, 0.15) is 53.4 Å². The molecule has 0 bridgehead atoms. The van der Waals surface area contributed by atoms with E-state index < -0.39 is 24.4 Å². The maximum atomic E-state index is 12.3. The van der Waals surface area contributed by atoms with E-state index in [0.29, 0.717) is 12.1 Å². The van der Waals surface area contributed by atoms with E-state index in [2.05, 4.69) is 5.16 Å². The second-order valence-corrected chi connectivity index (χ2v) is 5.66. The van der Waals surface area contributed by atoms with Gasteiger partial charge in [0.1, 0.15) is 11.5 Å². The quantitative estimate of drug-likeness (QED) is 0.486. The predicted octanol–water partition coefficient (Wildman–Crippen LogP) is 4.58. The molecule has 0 amide bonds. The molecule has 0 saturated heterocycles. The van der Waals surface area contributed by atoms with E-state index in [4.69, 9.17) is 15.4 Å². The summed E-state index contributed by atoms with van der Waals surface area (Å²) in [6, 6.07) is 3.43. The van der Waals surface area contributed by atoms with Crippen molar-refractivity contribution in [2.45, 2.75) is 65.7 Å². The number of halogens is 3. The molecule has 1 unspecified atom stereocenters. The van der Waals surface area contributed by atoms with Crippen molar-refractivity contribution in [1.29, 1.82) is 10.5 Å². The molecule has 0 radical (unpaired) electrons. The van der Waals surface area contributed by atoms with Crippen LogP contribution in [0.2, 0.25) is 0 Å². The van der Waals surface area contributed by atoms with Gasteiger partial charge in [0, 0.05) is 12.8 Å². The van der Waals surface area contributed by atoms with Crippen molar-refractivity contribution in [3.05, 3.63) is 0 Å². The monoisotopic (exact) mass is 317 g/mol. The molecular formula is C15H22F3N3O. The van der Waals surface area contributed by atoms with E-state index in [9.17, 15) is 13.2 Å². The smallest absolute Gasteiger partial charge is 0.389 e. The van der Waals surface area contributed by atoms with E-state index in [1.54, 1.807) is 19.1 Å². The molecule has 0 aromatic carbocycles. The molecular weight excluding hydrogens is 295 g/mol. The van der Waals surface area contributed by atoms with Crippen LogP contribution in [0.25, 0.3) is 0 Å². The Kier molecular flexibility index (Phi) is 7.94. The molecule has 0 aliphatic carbocycles. The van der Waals surface area contributed by atoms with Crippen molar-refractivity contribution in [1.82, 2.24) is 0 Å². The highest BCUT2D eigenvalue weighted by atomic mass is 19.4.